The number of benzene rings is 2. The quantitative estimate of drug-likeness (QED) is 0.252. The number of carboxylic acid groups (broad SMARTS) is 1. The van der Waals surface area contributed by atoms with Gasteiger partial charge in [0.25, 0.3) is 0 Å². The molecular weight excluding hydrogens is 520 g/mol. The van der Waals surface area contributed by atoms with Crippen molar-refractivity contribution >= 4 is 28.6 Å². The predicted octanol–water partition coefficient (Wildman–Crippen LogP) is 5.50. The summed E-state index contributed by atoms with van der Waals surface area (Å²) >= 11 is 0. The van der Waals surface area contributed by atoms with Crippen LogP contribution in [0.5, 0.6) is 0 Å². The van der Waals surface area contributed by atoms with Gasteiger partial charge in [-0.15, -0.1) is 0 Å². The van der Waals surface area contributed by atoms with Crippen LogP contribution in [0, 0.1) is 30.4 Å². The monoisotopic (exact) mass is 551 g/mol. The van der Waals surface area contributed by atoms with Gasteiger partial charge in [-0.3, -0.25) is 9.59 Å². The number of rotatable bonds is 10. The van der Waals surface area contributed by atoms with Crippen molar-refractivity contribution in [3.63, 3.8) is 0 Å². The number of halogens is 2. The van der Waals surface area contributed by atoms with Gasteiger partial charge in [-0.1, -0.05) is 45.0 Å². The van der Waals surface area contributed by atoms with Crippen LogP contribution in [0.1, 0.15) is 66.0 Å². The number of aromatic nitrogens is 2. The number of nitrogens with zero attached hydrogens (tertiary/aromatic N) is 2. The number of ketones is 1. The second-order valence-electron chi connectivity index (χ2n) is 10.3. The lowest BCUT2D eigenvalue weighted by Crippen LogP contribution is -2.42. The number of amides is 1. The molecule has 1 amide bonds. The number of oxazole rings is 1. The van der Waals surface area contributed by atoms with Crippen molar-refractivity contribution in [1.29, 1.82) is 0 Å². The zero-order valence-corrected chi connectivity index (χ0v) is 22.9. The highest BCUT2D eigenvalue weighted by Gasteiger charge is 2.36. The van der Waals surface area contributed by atoms with Gasteiger partial charge in [0.2, 0.25) is 11.8 Å². The number of aromatic carboxylic acids is 1. The van der Waals surface area contributed by atoms with Crippen LogP contribution in [-0.4, -0.2) is 32.3 Å². The molecule has 8 nitrogen and oxygen atoms in total. The van der Waals surface area contributed by atoms with Gasteiger partial charge >= 0.3 is 5.97 Å². The molecule has 40 heavy (non-hydrogen) atoms. The highest BCUT2D eigenvalue weighted by atomic mass is 19.1. The second kappa shape index (κ2) is 11.4. The van der Waals surface area contributed by atoms with E-state index in [4.69, 9.17) is 4.42 Å². The summed E-state index contributed by atoms with van der Waals surface area (Å²) in [5.41, 5.74) is 1.53. The third-order valence-corrected chi connectivity index (χ3v) is 7.15. The van der Waals surface area contributed by atoms with Crippen LogP contribution in [-0.2, 0) is 23.1 Å². The maximum Gasteiger partial charge on any atom is 0.358 e. The minimum Gasteiger partial charge on any atom is -0.476 e. The number of carbonyl (C=O) groups excluding carboxylic acids is 2. The fourth-order valence-electron chi connectivity index (χ4n) is 5.07. The van der Waals surface area contributed by atoms with E-state index in [9.17, 15) is 28.3 Å². The average molecular weight is 552 g/mol. The Morgan fingerprint density at radius 3 is 2.42 bits per heavy atom. The summed E-state index contributed by atoms with van der Waals surface area (Å²) in [6.07, 6.45) is 2.11. The number of carbonyl (C=O) groups is 3. The van der Waals surface area contributed by atoms with E-state index in [0.717, 1.165) is 22.5 Å². The van der Waals surface area contributed by atoms with Crippen molar-refractivity contribution in [3.05, 3.63) is 88.8 Å². The lowest BCUT2D eigenvalue weighted by atomic mass is 9.81. The summed E-state index contributed by atoms with van der Waals surface area (Å²) in [7, 11) is 1.89. The first-order valence-corrected chi connectivity index (χ1v) is 12.9. The summed E-state index contributed by atoms with van der Waals surface area (Å²) in [6.45, 7) is 6.35. The molecule has 2 heterocycles. The molecule has 0 spiro atoms. The third-order valence-electron chi connectivity index (χ3n) is 7.15. The molecule has 210 valence electrons. The summed E-state index contributed by atoms with van der Waals surface area (Å²) in [5, 5.41) is 13.3. The number of hydrogen-bond donors (Lipinski definition) is 2. The van der Waals surface area contributed by atoms with Crippen LogP contribution in [0.15, 0.2) is 53.1 Å². The van der Waals surface area contributed by atoms with Crippen LogP contribution in [0.25, 0.3) is 10.9 Å². The van der Waals surface area contributed by atoms with Gasteiger partial charge in [-0.25, -0.2) is 18.6 Å². The Morgan fingerprint density at radius 1 is 1.10 bits per heavy atom. The molecule has 1 unspecified atom stereocenters. The van der Waals surface area contributed by atoms with Gasteiger partial charge in [0.1, 0.15) is 23.4 Å². The number of nitrogens with one attached hydrogen (secondary N) is 1. The summed E-state index contributed by atoms with van der Waals surface area (Å²) in [5.74, 6) is -6.65. The van der Waals surface area contributed by atoms with Crippen LogP contribution in [0.4, 0.5) is 8.78 Å². The van der Waals surface area contributed by atoms with E-state index in [-0.39, 0.29) is 29.3 Å². The summed E-state index contributed by atoms with van der Waals surface area (Å²) < 4.78 is 35.5. The predicted molar refractivity (Wildman–Crippen MR) is 144 cm³/mol. The molecule has 2 N–H and O–H groups in total. The lowest BCUT2D eigenvalue weighted by molar-refractivity contribution is -0.137. The molecular formula is C30H31F2N3O5. The highest BCUT2D eigenvalue weighted by Crippen LogP contribution is 2.30. The van der Waals surface area contributed by atoms with Crippen LogP contribution in [0.2, 0.25) is 0 Å². The fourth-order valence-corrected chi connectivity index (χ4v) is 5.07. The maximum atomic E-state index is 14.5. The SMILES string of the molecule is Cc1oc([C@@H](Cc2cn(C)c3ccccc23)NC(=O)[C@H](C(=O)C(C)c2ccc(F)cc2F)C(C)C)nc1C(=O)O. The number of fused-ring (bicyclic) bond motifs is 1. The van der Waals surface area contributed by atoms with Crippen molar-refractivity contribution in [2.75, 3.05) is 0 Å². The molecule has 0 saturated heterocycles. The zero-order chi connectivity index (χ0) is 29.3. The Balaban J connectivity index is 1.69. The molecule has 0 aliphatic rings. The van der Waals surface area contributed by atoms with Crippen LogP contribution in [0.3, 0.4) is 0 Å². The van der Waals surface area contributed by atoms with E-state index in [1.54, 1.807) is 13.8 Å². The van der Waals surface area contributed by atoms with E-state index in [0.29, 0.717) is 6.07 Å². The number of Topliss-reactive ketones (excluding diaryl/α,β-unsaturated/α-hetero) is 1. The molecule has 2 aromatic heterocycles. The molecule has 3 atom stereocenters. The van der Waals surface area contributed by atoms with Crippen LogP contribution >= 0.6 is 0 Å². The first-order valence-electron chi connectivity index (χ1n) is 12.9. The first kappa shape index (κ1) is 28.7. The molecule has 0 saturated carbocycles. The summed E-state index contributed by atoms with van der Waals surface area (Å²) in [6, 6.07) is 9.76. The van der Waals surface area contributed by atoms with Gasteiger partial charge in [0.05, 0.1) is 5.92 Å². The van der Waals surface area contributed by atoms with E-state index < -0.39 is 53.1 Å². The Kier molecular flexibility index (Phi) is 8.18. The third kappa shape index (κ3) is 5.66. The van der Waals surface area contributed by atoms with Gasteiger partial charge in [0.15, 0.2) is 11.5 Å². The van der Waals surface area contributed by atoms with Gasteiger partial charge in [0, 0.05) is 42.6 Å². The van der Waals surface area contributed by atoms with E-state index in [2.05, 4.69) is 10.3 Å². The molecule has 0 bridgehead atoms. The average Bonchev–Trinajstić information content (AvgIpc) is 3.43. The first-order chi connectivity index (χ1) is 18.9. The Hall–Kier alpha value is -4.34. The van der Waals surface area contributed by atoms with Gasteiger partial charge in [-0.05, 0) is 36.1 Å². The topological polar surface area (TPSA) is 114 Å². The second-order valence-corrected chi connectivity index (χ2v) is 10.3. The van der Waals surface area contributed by atoms with Crippen molar-refractivity contribution in [2.45, 2.75) is 46.1 Å². The zero-order valence-electron chi connectivity index (χ0n) is 22.9. The van der Waals surface area contributed by atoms with Crippen molar-refractivity contribution < 1.29 is 32.7 Å². The molecule has 0 radical (unpaired) electrons. The lowest BCUT2D eigenvalue weighted by Gasteiger charge is -2.25. The number of para-hydroxylation sites is 1. The molecule has 10 heteroatoms. The molecule has 4 rings (SSSR count). The van der Waals surface area contributed by atoms with Crippen molar-refractivity contribution in [2.24, 2.45) is 18.9 Å². The Labute approximate surface area is 230 Å². The molecule has 0 fully saturated rings. The van der Waals surface area contributed by atoms with Crippen molar-refractivity contribution in [1.82, 2.24) is 14.9 Å². The Bertz CT molecular complexity index is 1590. The smallest absolute Gasteiger partial charge is 0.358 e. The summed E-state index contributed by atoms with van der Waals surface area (Å²) in [4.78, 5) is 43.0. The normalized spacial score (nSPS) is 13.8. The van der Waals surface area contributed by atoms with Gasteiger partial charge < -0.3 is 19.4 Å². The largest absolute Gasteiger partial charge is 0.476 e. The highest BCUT2D eigenvalue weighted by molar-refractivity contribution is 6.04. The van der Waals surface area contributed by atoms with Crippen molar-refractivity contribution in [3.8, 4) is 0 Å². The van der Waals surface area contributed by atoms with E-state index in [1.165, 1.54) is 19.9 Å². The minimum absolute atomic E-state index is 0.00779. The minimum atomic E-state index is -1.27. The van der Waals surface area contributed by atoms with E-state index in [1.807, 2.05) is 42.1 Å². The standard InChI is InChI=1S/C30H31F2N3O5/c1-15(2)25(27(36)16(3)20-11-10-19(31)13-22(20)32)28(37)33-23(29-34-26(30(38)39)17(4)40-29)12-18-14-35(5)24-9-7-6-8-21(18)24/h6-11,13-16,23,25H,12H2,1-5H3,(H,33,37)(H,38,39)/t16?,23-,25+/m1/s1. The molecule has 2 aromatic carbocycles. The van der Waals surface area contributed by atoms with E-state index >= 15 is 0 Å². The maximum absolute atomic E-state index is 14.5. The molecule has 0 aliphatic heterocycles. The fraction of sp³-hybridized carbons (Fsp3) is 0.333. The molecule has 4 aromatic rings. The molecule has 0 aliphatic carbocycles. The Morgan fingerprint density at radius 2 is 1.80 bits per heavy atom. The van der Waals surface area contributed by atoms with Crippen LogP contribution < -0.4 is 5.32 Å². The number of aryl methyl sites for hydroxylation is 2. The number of carboxylic acids is 1. The number of hydrogen-bond acceptors (Lipinski definition) is 5. The van der Waals surface area contributed by atoms with Gasteiger partial charge in [-0.2, -0.15) is 0 Å².